The van der Waals surface area contributed by atoms with Gasteiger partial charge in [-0.3, -0.25) is 14.5 Å². The number of nitrogens with zero attached hydrogens (tertiary/aromatic N) is 1. The summed E-state index contributed by atoms with van der Waals surface area (Å²) >= 11 is 0. The fraction of sp³-hybridized carbons (Fsp3) is 0.846. The van der Waals surface area contributed by atoms with Crippen molar-refractivity contribution in [1.29, 1.82) is 0 Å². The number of rotatable bonds is 6. The lowest BCUT2D eigenvalue weighted by atomic mass is 9.90. The molecule has 0 aromatic heterocycles. The number of hydrogen-bond acceptors (Lipinski definition) is 3. The molecule has 0 spiro atoms. The van der Waals surface area contributed by atoms with Crippen molar-refractivity contribution in [1.82, 2.24) is 10.2 Å². The molecule has 1 aliphatic rings. The molecule has 104 valence electrons. The Morgan fingerprint density at radius 2 is 2.17 bits per heavy atom. The molecule has 2 N–H and O–H groups in total. The van der Waals surface area contributed by atoms with Crippen LogP contribution >= 0.6 is 0 Å². The third-order valence-corrected chi connectivity index (χ3v) is 3.56. The van der Waals surface area contributed by atoms with Gasteiger partial charge in [-0.1, -0.05) is 13.3 Å². The first kappa shape index (κ1) is 15.0. The van der Waals surface area contributed by atoms with Gasteiger partial charge in [0.15, 0.2) is 0 Å². The molecule has 1 fully saturated rings. The van der Waals surface area contributed by atoms with E-state index in [1.165, 1.54) is 0 Å². The SMILES string of the molecule is CCCC(C)NC(=O)CN1CCC(C)(C(=O)O)C1. The van der Waals surface area contributed by atoms with Gasteiger partial charge in [0.25, 0.3) is 0 Å². The predicted octanol–water partition coefficient (Wildman–Crippen LogP) is 1.09. The van der Waals surface area contributed by atoms with E-state index in [0.29, 0.717) is 26.1 Å². The standard InChI is InChI=1S/C13H24N2O3/c1-4-5-10(2)14-11(16)8-15-7-6-13(3,9-15)12(17)18/h10H,4-9H2,1-3H3,(H,14,16)(H,17,18). The lowest BCUT2D eigenvalue weighted by Crippen LogP contribution is -2.41. The van der Waals surface area contributed by atoms with Crippen LogP contribution in [0.2, 0.25) is 0 Å². The molecule has 1 aliphatic heterocycles. The molecular formula is C13H24N2O3. The van der Waals surface area contributed by atoms with Gasteiger partial charge in [0, 0.05) is 12.6 Å². The molecule has 0 aliphatic carbocycles. The summed E-state index contributed by atoms with van der Waals surface area (Å²) in [4.78, 5) is 24.8. The van der Waals surface area contributed by atoms with Crippen LogP contribution in [0.4, 0.5) is 0 Å². The Balaban J connectivity index is 2.37. The first-order valence-corrected chi connectivity index (χ1v) is 6.62. The zero-order valence-corrected chi connectivity index (χ0v) is 11.5. The van der Waals surface area contributed by atoms with Crippen molar-refractivity contribution < 1.29 is 14.7 Å². The summed E-state index contributed by atoms with van der Waals surface area (Å²) in [5, 5.41) is 12.0. The Labute approximate surface area is 109 Å². The molecule has 0 radical (unpaired) electrons. The number of amides is 1. The number of carbonyl (C=O) groups is 2. The second kappa shape index (κ2) is 6.18. The summed E-state index contributed by atoms with van der Waals surface area (Å²) in [6.45, 7) is 7.26. The van der Waals surface area contributed by atoms with Crippen molar-refractivity contribution in [3.8, 4) is 0 Å². The highest BCUT2D eigenvalue weighted by Crippen LogP contribution is 2.29. The highest BCUT2D eigenvalue weighted by atomic mass is 16.4. The van der Waals surface area contributed by atoms with E-state index in [1.54, 1.807) is 6.92 Å². The van der Waals surface area contributed by atoms with Crippen LogP contribution in [-0.2, 0) is 9.59 Å². The average Bonchev–Trinajstić information content (AvgIpc) is 2.61. The summed E-state index contributed by atoms with van der Waals surface area (Å²) in [6.07, 6.45) is 2.63. The summed E-state index contributed by atoms with van der Waals surface area (Å²) in [7, 11) is 0. The Morgan fingerprint density at radius 1 is 1.50 bits per heavy atom. The Kier molecular flexibility index (Phi) is 5.14. The number of carboxylic acids is 1. The Morgan fingerprint density at radius 3 is 2.67 bits per heavy atom. The third kappa shape index (κ3) is 3.98. The van der Waals surface area contributed by atoms with E-state index in [2.05, 4.69) is 12.2 Å². The summed E-state index contributed by atoms with van der Waals surface area (Å²) in [5.74, 6) is -0.782. The molecule has 1 amide bonds. The third-order valence-electron chi connectivity index (χ3n) is 3.56. The number of carbonyl (C=O) groups excluding carboxylic acids is 1. The quantitative estimate of drug-likeness (QED) is 0.746. The minimum Gasteiger partial charge on any atom is -0.481 e. The molecule has 0 bridgehead atoms. The van der Waals surface area contributed by atoms with Crippen LogP contribution in [0.15, 0.2) is 0 Å². The van der Waals surface area contributed by atoms with Gasteiger partial charge in [-0.15, -0.1) is 0 Å². The highest BCUT2D eigenvalue weighted by molar-refractivity contribution is 5.79. The molecule has 5 nitrogen and oxygen atoms in total. The molecule has 0 aromatic carbocycles. The first-order valence-electron chi connectivity index (χ1n) is 6.62. The van der Waals surface area contributed by atoms with Gasteiger partial charge >= 0.3 is 5.97 Å². The smallest absolute Gasteiger partial charge is 0.310 e. The Bertz CT molecular complexity index is 319. The van der Waals surface area contributed by atoms with Crippen LogP contribution < -0.4 is 5.32 Å². The maximum absolute atomic E-state index is 11.8. The first-order chi connectivity index (χ1) is 8.37. The molecular weight excluding hydrogens is 232 g/mol. The number of carboxylic acid groups (broad SMARTS) is 1. The van der Waals surface area contributed by atoms with Gasteiger partial charge < -0.3 is 10.4 Å². The van der Waals surface area contributed by atoms with E-state index < -0.39 is 11.4 Å². The number of likely N-dealkylation sites (tertiary alicyclic amines) is 1. The number of aliphatic carboxylic acids is 1. The van der Waals surface area contributed by atoms with Crippen LogP contribution in [0.3, 0.4) is 0 Å². The second-order valence-corrected chi connectivity index (χ2v) is 5.58. The minimum atomic E-state index is -0.773. The molecule has 1 heterocycles. The Hall–Kier alpha value is -1.10. The van der Waals surface area contributed by atoms with E-state index >= 15 is 0 Å². The molecule has 18 heavy (non-hydrogen) atoms. The number of nitrogens with one attached hydrogen (secondary N) is 1. The lowest BCUT2D eigenvalue weighted by Gasteiger charge is -2.20. The van der Waals surface area contributed by atoms with Crippen molar-refractivity contribution in [3.05, 3.63) is 0 Å². The van der Waals surface area contributed by atoms with E-state index in [0.717, 1.165) is 12.8 Å². The van der Waals surface area contributed by atoms with Crippen LogP contribution in [-0.4, -0.2) is 47.6 Å². The molecule has 5 heteroatoms. The zero-order chi connectivity index (χ0) is 13.8. The van der Waals surface area contributed by atoms with Crippen LogP contribution in [0.25, 0.3) is 0 Å². The van der Waals surface area contributed by atoms with Crippen molar-refractivity contribution in [2.75, 3.05) is 19.6 Å². The summed E-state index contributed by atoms with van der Waals surface area (Å²) in [6, 6.07) is 0.191. The monoisotopic (exact) mass is 256 g/mol. The molecule has 1 rings (SSSR count). The molecule has 1 saturated heterocycles. The van der Waals surface area contributed by atoms with Crippen molar-refractivity contribution >= 4 is 11.9 Å². The van der Waals surface area contributed by atoms with Crippen molar-refractivity contribution in [2.24, 2.45) is 5.41 Å². The second-order valence-electron chi connectivity index (χ2n) is 5.58. The zero-order valence-electron chi connectivity index (χ0n) is 11.5. The van der Waals surface area contributed by atoms with Crippen molar-refractivity contribution in [3.63, 3.8) is 0 Å². The normalized spacial score (nSPS) is 25.9. The van der Waals surface area contributed by atoms with Gasteiger partial charge in [0.2, 0.25) is 5.91 Å². The predicted molar refractivity (Wildman–Crippen MR) is 69.3 cm³/mol. The van der Waals surface area contributed by atoms with Crippen LogP contribution in [0, 0.1) is 5.41 Å². The maximum Gasteiger partial charge on any atom is 0.310 e. The minimum absolute atomic E-state index is 0.00871. The largest absolute Gasteiger partial charge is 0.481 e. The number of hydrogen-bond donors (Lipinski definition) is 2. The summed E-state index contributed by atoms with van der Waals surface area (Å²) < 4.78 is 0. The molecule has 2 unspecified atom stereocenters. The van der Waals surface area contributed by atoms with Gasteiger partial charge in [-0.2, -0.15) is 0 Å². The van der Waals surface area contributed by atoms with E-state index in [1.807, 2.05) is 11.8 Å². The van der Waals surface area contributed by atoms with Crippen LogP contribution in [0.5, 0.6) is 0 Å². The molecule has 0 aromatic rings. The topological polar surface area (TPSA) is 69.6 Å². The maximum atomic E-state index is 11.8. The molecule has 0 saturated carbocycles. The fourth-order valence-electron chi connectivity index (χ4n) is 2.39. The average molecular weight is 256 g/mol. The van der Waals surface area contributed by atoms with E-state index in [9.17, 15) is 9.59 Å². The summed E-state index contributed by atoms with van der Waals surface area (Å²) in [5.41, 5.74) is -0.699. The van der Waals surface area contributed by atoms with E-state index in [-0.39, 0.29) is 11.9 Å². The van der Waals surface area contributed by atoms with Crippen molar-refractivity contribution in [2.45, 2.75) is 46.1 Å². The highest BCUT2D eigenvalue weighted by Gasteiger charge is 2.40. The van der Waals surface area contributed by atoms with Gasteiger partial charge in [-0.25, -0.2) is 0 Å². The van der Waals surface area contributed by atoms with Gasteiger partial charge in [0.05, 0.1) is 12.0 Å². The van der Waals surface area contributed by atoms with Crippen LogP contribution in [0.1, 0.15) is 40.0 Å². The fourth-order valence-corrected chi connectivity index (χ4v) is 2.39. The lowest BCUT2D eigenvalue weighted by molar-refractivity contribution is -0.147. The van der Waals surface area contributed by atoms with Gasteiger partial charge in [0.1, 0.15) is 0 Å². The van der Waals surface area contributed by atoms with E-state index in [4.69, 9.17) is 5.11 Å². The molecule has 2 atom stereocenters. The van der Waals surface area contributed by atoms with Gasteiger partial charge in [-0.05, 0) is 33.2 Å².